The van der Waals surface area contributed by atoms with Crippen molar-refractivity contribution in [3.63, 3.8) is 0 Å². The van der Waals surface area contributed by atoms with Crippen molar-refractivity contribution in [2.24, 2.45) is 0 Å². The summed E-state index contributed by atoms with van der Waals surface area (Å²) < 4.78 is 7.13. The lowest BCUT2D eigenvalue weighted by atomic mass is 9.98. The van der Waals surface area contributed by atoms with Crippen LogP contribution < -0.4 is 0 Å². The van der Waals surface area contributed by atoms with Crippen LogP contribution in [-0.2, 0) is 0 Å². The van der Waals surface area contributed by atoms with Crippen LogP contribution in [0.2, 0.25) is 0 Å². The second-order valence-electron chi connectivity index (χ2n) is 12.9. The lowest BCUT2D eigenvalue weighted by Crippen LogP contribution is -2.02. The second kappa shape index (κ2) is 9.19. The zero-order valence-electron chi connectivity index (χ0n) is 26.1. The number of hydrogen-bond acceptors (Lipinski definition) is 3. The van der Waals surface area contributed by atoms with E-state index in [9.17, 15) is 0 Å². The van der Waals surface area contributed by atoms with Crippen LogP contribution in [0.15, 0.2) is 146 Å². The highest BCUT2D eigenvalue weighted by atomic mass is 32.1. The number of nitrogens with zero attached hydrogens (tertiary/aromatic N) is 4. The molecule has 49 heavy (non-hydrogen) atoms. The van der Waals surface area contributed by atoms with E-state index < -0.39 is 0 Å². The van der Waals surface area contributed by atoms with E-state index in [1.165, 1.54) is 64.3 Å². The molecule has 0 spiro atoms. The van der Waals surface area contributed by atoms with E-state index in [0.29, 0.717) is 5.95 Å². The van der Waals surface area contributed by atoms with Gasteiger partial charge in [-0.25, -0.2) is 9.97 Å². The first kappa shape index (κ1) is 25.7. The van der Waals surface area contributed by atoms with E-state index in [2.05, 4.69) is 155 Å². The normalized spacial score (nSPS) is 12.5. The van der Waals surface area contributed by atoms with Gasteiger partial charge in [0, 0.05) is 48.0 Å². The zero-order chi connectivity index (χ0) is 31.8. The topological polar surface area (TPSA) is 35.1 Å². The predicted octanol–water partition coefficient (Wildman–Crippen LogP) is 11.9. The molecule has 226 valence electrons. The van der Waals surface area contributed by atoms with E-state index in [1.807, 2.05) is 0 Å². The standard InChI is InChI=1S/C44H24N4S/c1-2-13-26(14-3-1)40-43-41(30-18-8-11-21-36(30)49-43)46-44(45-40)48-33-20-10-7-17-29(33)38-35(48)24-31-28-16-6-9-19-32(28)47-34-23-22-25-12-4-5-15-27(25)37(34)39(38)42(31)47/h1-24H. The average Bonchev–Trinajstić information content (AvgIpc) is 3.90. The van der Waals surface area contributed by atoms with Crippen molar-refractivity contribution in [2.45, 2.75) is 0 Å². The minimum atomic E-state index is 0.688. The molecule has 4 nitrogen and oxygen atoms in total. The molecule has 12 aromatic rings. The first-order valence-corrected chi connectivity index (χ1v) is 17.4. The Balaban J connectivity index is 1.34. The molecule has 0 fully saturated rings. The predicted molar refractivity (Wildman–Crippen MR) is 207 cm³/mol. The minimum absolute atomic E-state index is 0.688. The quantitative estimate of drug-likeness (QED) is 0.188. The number of hydrogen-bond donors (Lipinski definition) is 0. The number of benzene rings is 7. The van der Waals surface area contributed by atoms with E-state index in [-0.39, 0.29) is 0 Å². The lowest BCUT2D eigenvalue weighted by molar-refractivity contribution is 1.02. The summed E-state index contributed by atoms with van der Waals surface area (Å²) in [7, 11) is 0. The summed E-state index contributed by atoms with van der Waals surface area (Å²) in [6.45, 7) is 0. The molecule has 0 atom stereocenters. The molecule has 0 radical (unpaired) electrons. The van der Waals surface area contributed by atoms with Gasteiger partial charge in [0.2, 0.25) is 5.95 Å². The number of thiophene rings is 1. The molecular weight excluding hydrogens is 617 g/mol. The van der Waals surface area contributed by atoms with Gasteiger partial charge in [-0.2, -0.15) is 0 Å². The number of para-hydroxylation sites is 2. The molecule has 0 N–H and O–H groups in total. The van der Waals surface area contributed by atoms with Gasteiger partial charge in [-0.15, -0.1) is 11.3 Å². The van der Waals surface area contributed by atoms with E-state index in [1.54, 1.807) is 11.3 Å². The average molecular weight is 641 g/mol. The van der Waals surface area contributed by atoms with Crippen LogP contribution in [0, 0.1) is 0 Å². The van der Waals surface area contributed by atoms with Gasteiger partial charge in [0.1, 0.15) is 0 Å². The van der Waals surface area contributed by atoms with Crippen molar-refractivity contribution in [3.05, 3.63) is 146 Å². The molecule has 5 heterocycles. The summed E-state index contributed by atoms with van der Waals surface area (Å²) in [6.07, 6.45) is 0. The largest absolute Gasteiger partial charge is 0.308 e. The number of fused-ring (bicyclic) bond motifs is 15. The molecule has 0 aliphatic carbocycles. The highest BCUT2D eigenvalue weighted by Crippen LogP contribution is 2.48. The van der Waals surface area contributed by atoms with Gasteiger partial charge < -0.3 is 4.40 Å². The summed E-state index contributed by atoms with van der Waals surface area (Å²) in [5.74, 6) is 0.688. The molecule has 0 saturated carbocycles. The van der Waals surface area contributed by atoms with E-state index in [4.69, 9.17) is 9.97 Å². The molecule has 5 heteroatoms. The monoisotopic (exact) mass is 640 g/mol. The first-order valence-electron chi connectivity index (χ1n) is 16.6. The zero-order valence-corrected chi connectivity index (χ0v) is 26.9. The highest BCUT2D eigenvalue weighted by Gasteiger charge is 2.26. The third kappa shape index (κ3) is 3.23. The van der Waals surface area contributed by atoms with Crippen molar-refractivity contribution < 1.29 is 0 Å². The summed E-state index contributed by atoms with van der Waals surface area (Å²) >= 11 is 1.77. The molecule has 0 saturated heterocycles. The van der Waals surface area contributed by atoms with Crippen LogP contribution in [0.5, 0.6) is 0 Å². The van der Waals surface area contributed by atoms with Crippen LogP contribution in [0.1, 0.15) is 0 Å². The van der Waals surface area contributed by atoms with Crippen molar-refractivity contribution in [3.8, 4) is 17.2 Å². The molecule has 0 bridgehead atoms. The van der Waals surface area contributed by atoms with E-state index >= 15 is 0 Å². The van der Waals surface area contributed by atoms with Crippen LogP contribution in [0.3, 0.4) is 0 Å². The van der Waals surface area contributed by atoms with Crippen LogP contribution in [-0.4, -0.2) is 18.9 Å². The number of rotatable bonds is 2. The Kier molecular flexibility index (Phi) is 4.83. The van der Waals surface area contributed by atoms with Crippen molar-refractivity contribution >= 4 is 102 Å². The van der Waals surface area contributed by atoms with Gasteiger partial charge in [-0.1, -0.05) is 115 Å². The maximum atomic E-state index is 5.46. The second-order valence-corrected chi connectivity index (χ2v) is 14.0. The Labute approximate surface area is 283 Å². The smallest absolute Gasteiger partial charge is 0.235 e. The van der Waals surface area contributed by atoms with Crippen LogP contribution in [0.4, 0.5) is 0 Å². The fourth-order valence-electron chi connectivity index (χ4n) is 8.46. The maximum Gasteiger partial charge on any atom is 0.235 e. The van der Waals surface area contributed by atoms with Gasteiger partial charge in [0.25, 0.3) is 0 Å². The lowest BCUT2D eigenvalue weighted by Gasteiger charge is -2.10. The number of aromatic nitrogens is 4. The summed E-state index contributed by atoms with van der Waals surface area (Å²) in [5, 5.41) is 11.2. The van der Waals surface area contributed by atoms with Crippen molar-refractivity contribution in [2.75, 3.05) is 0 Å². The molecule has 5 aromatic heterocycles. The third-order valence-electron chi connectivity index (χ3n) is 10.4. The Morgan fingerprint density at radius 1 is 0.469 bits per heavy atom. The van der Waals surface area contributed by atoms with Gasteiger partial charge >= 0.3 is 0 Å². The molecule has 12 rings (SSSR count). The van der Waals surface area contributed by atoms with Crippen LogP contribution in [0.25, 0.3) is 108 Å². The van der Waals surface area contributed by atoms with Gasteiger partial charge in [0.15, 0.2) is 0 Å². The molecule has 0 aliphatic rings. The Morgan fingerprint density at radius 3 is 2.04 bits per heavy atom. The third-order valence-corrected chi connectivity index (χ3v) is 11.6. The Hall–Kier alpha value is -6.30. The molecule has 0 unspecified atom stereocenters. The minimum Gasteiger partial charge on any atom is -0.308 e. The fourth-order valence-corrected chi connectivity index (χ4v) is 9.61. The van der Waals surface area contributed by atoms with Gasteiger partial charge in [-0.3, -0.25) is 4.57 Å². The first-order chi connectivity index (χ1) is 24.3. The van der Waals surface area contributed by atoms with E-state index in [0.717, 1.165) is 37.9 Å². The van der Waals surface area contributed by atoms with Gasteiger partial charge in [0.05, 0.1) is 43.5 Å². The van der Waals surface area contributed by atoms with Crippen molar-refractivity contribution in [1.29, 1.82) is 0 Å². The molecule has 0 aliphatic heterocycles. The van der Waals surface area contributed by atoms with Crippen molar-refractivity contribution in [1.82, 2.24) is 18.9 Å². The fraction of sp³-hybridized carbons (Fsp3) is 0. The Bertz CT molecular complexity index is 3330. The molecule has 7 aromatic carbocycles. The highest BCUT2D eigenvalue weighted by molar-refractivity contribution is 7.26. The maximum absolute atomic E-state index is 5.46. The SMILES string of the molecule is c1ccc(-c2nc(-n3c4ccccc4c4c5c6c7ccccc7ccc6n6c7ccccc7c(cc43)c56)nc3c2sc2ccccc23)cc1. The van der Waals surface area contributed by atoms with Crippen LogP contribution >= 0.6 is 11.3 Å². The molecule has 0 amide bonds. The molecular formula is C44H24N4S. The van der Waals surface area contributed by atoms with Gasteiger partial charge in [-0.05, 0) is 41.1 Å². The summed E-state index contributed by atoms with van der Waals surface area (Å²) in [4.78, 5) is 10.9. The summed E-state index contributed by atoms with van der Waals surface area (Å²) in [5.41, 5.74) is 9.00. The Morgan fingerprint density at radius 2 is 1.16 bits per heavy atom. The summed E-state index contributed by atoms with van der Waals surface area (Å²) in [6, 6.07) is 52.5.